The van der Waals surface area contributed by atoms with Crippen LogP contribution in [0.4, 0.5) is 11.6 Å². The lowest BCUT2D eigenvalue weighted by Gasteiger charge is -2.06. The van der Waals surface area contributed by atoms with Gasteiger partial charge in [-0.05, 0) is 12.1 Å². The normalized spacial score (nSPS) is 9.81. The minimum atomic E-state index is -0.479. The molecule has 88 valence electrons. The van der Waals surface area contributed by atoms with Gasteiger partial charge in [-0.15, -0.1) is 0 Å². The lowest BCUT2D eigenvalue weighted by Crippen LogP contribution is -2.20. The van der Waals surface area contributed by atoms with Crippen molar-refractivity contribution in [1.82, 2.24) is 4.98 Å². The van der Waals surface area contributed by atoms with Gasteiger partial charge < -0.3 is 21.2 Å². The van der Waals surface area contributed by atoms with E-state index in [0.29, 0.717) is 24.8 Å². The third kappa shape index (κ3) is 4.58. The van der Waals surface area contributed by atoms with Gasteiger partial charge in [-0.1, -0.05) is 6.07 Å². The summed E-state index contributed by atoms with van der Waals surface area (Å²) in [4.78, 5) is 14.5. The molecule has 7 heteroatoms. The molecule has 0 aliphatic heterocycles. The summed E-state index contributed by atoms with van der Waals surface area (Å²) in [6.45, 7) is 0.846. The molecule has 0 bridgehead atoms. The minimum Gasteiger partial charge on any atom is -0.370 e. The van der Waals surface area contributed by atoms with E-state index in [9.17, 15) is 4.79 Å². The maximum Gasteiger partial charge on any atom is 0.243 e. The number of primary amides is 1. The number of nitrogen functional groups attached to an aromatic ring is 1. The van der Waals surface area contributed by atoms with E-state index < -0.39 is 5.91 Å². The van der Waals surface area contributed by atoms with Crippen molar-refractivity contribution in [3.8, 4) is 0 Å². The molecule has 0 radical (unpaired) electrons. The predicted octanol–water partition coefficient (Wildman–Crippen LogP) is -0.719. The van der Waals surface area contributed by atoms with Gasteiger partial charge in [0.25, 0.3) is 0 Å². The number of nitrogens with zero attached hydrogens (tertiary/aromatic N) is 1. The second-order valence-corrected chi connectivity index (χ2v) is 3.00. The summed E-state index contributed by atoms with van der Waals surface area (Å²) in [7, 11) is 0. The van der Waals surface area contributed by atoms with Crippen molar-refractivity contribution < 1.29 is 9.53 Å². The minimum absolute atomic E-state index is 0.0699. The zero-order chi connectivity index (χ0) is 11.8. The quantitative estimate of drug-likeness (QED) is 0.276. The van der Waals surface area contributed by atoms with Crippen molar-refractivity contribution in [3.63, 3.8) is 0 Å². The Kier molecular flexibility index (Phi) is 5.03. The van der Waals surface area contributed by atoms with E-state index in [-0.39, 0.29) is 6.61 Å². The van der Waals surface area contributed by atoms with Gasteiger partial charge in [-0.2, -0.15) is 0 Å². The molecule has 0 aromatic carbocycles. The van der Waals surface area contributed by atoms with Crippen LogP contribution < -0.4 is 22.3 Å². The third-order valence-electron chi connectivity index (χ3n) is 1.69. The molecular weight excluding hydrogens is 210 g/mol. The number of hydrazine groups is 1. The topological polar surface area (TPSA) is 115 Å². The van der Waals surface area contributed by atoms with Gasteiger partial charge >= 0.3 is 0 Å². The number of aromatic nitrogens is 1. The average Bonchev–Trinajstić information content (AvgIpc) is 2.28. The monoisotopic (exact) mass is 225 g/mol. The molecule has 0 spiro atoms. The van der Waals surface area contributed by atoms with Gasteiger partial charge in [0.15, 0.2) is 0 Å². The standard InChI is InChI=1S/C9H15N5O2/c10-7(15)6-16-5-4-12-8-2-1-3-9(13-8)14-11/h1-3H,4-6,11H2,(H2,10,15)(H2,12,13,14). The molecule has 0 aliphatic carbocycles. The Morgan fingerprint density at radius 2 is 2.19 bits per heavy atom. The Hall–Kier alpha value is -1.86. The molecular formula is C9H15N5O2. The van der Waals surface area contributed by atoms with E-state index in [0.717, 1.165) is 0 Å². The Morgan fingerprint density at radius 1 is 1.44 bits per heavy atom. The highest BCUT2D eigenvalue weighted by atomic mass is 16.5. The van der Waals surface area contributed by atoms with Crippen molar-refractivity contribution in [3.05, 3.63) is 18.2 Å². The van der Waals surface area contributed by atoms with Crippen molar-refractivity contribution in [1.29, 1.82) is 0 Å². The molecule has 0 saturated carbocycles. The van der Waals surface area contributed by atoms with Gasteiger partial charge in [-0.25, -0.2) is 10.8 Å². The first-order valence-electron chi connectivity index (χ1n) is 4.76. The van der Waals surface area contributed by atoms with Crippen molar-refractivity contribution in [2.45, 2.75) is 0 Å². The zero-order valence-electron chi connectivity index (χ0n) is 8.77. The number of hydrogen-bond donors (Lipinski definition) is 4. The van der Waals surface area contributed by atoms with Crippen LogP contribution in [0.3, 0.4) is 0 Å². The first kappa shape index (κ1) is 12.2. The number of nitrogens with two attached hydrogens (primary N) is 2. The largest absolute Gasteiger partial charge is 0.370 e. The van der Waals surface area contributed by atoms with Crippen LogP contribution in [0.5, 0.6) is 0 Å². The van der Waals surface area contributed by atoms with Crippen molar-refractivity contribution in [2.75, 3.05) is 30.5 Å². The fourth-order valence-electron chi connectivity index (χ4n) is 1.04. The average molecular weight is 225 g/mol. The lowest BCUT2D eigenvalue weighted by atomic mass is 10.4. The van der Waals surface area contributed by atoms with Gasteiger partial charge in [0.05, 0.1) is 6.61 Å². The van der Waals surface area contributed by atoms with E-state index >= 15 is 0 Å². The summed E-state index contributed by atoms with van der Waals surface area (Å²) in [5, 5.41) is 3.01. The number of pyridine rings is 1. The number of carbonyl (C=O) groups is 1. The van der Waals surface area contributed by atoms with Crippen LogP contribution in [0.25, 0.3) is 0 Å². The molecule has 7 nitrogen and oxygen atoms in total. The fraction of sp³-hybridized carbons (Fsp3) is 0.333. The van der Waals surface area contributed by atoms with Gasteiger partial charge in [0, 0.05) is 6.54 Å². The number of carbonyl (C=O) groups excluding carboxylic acids is 1. The molecule has 0 saturated heterocycles. The molecule has 1 amide bonds. The van der Waals surface area contributed by atoms with Crippen LogP contribution in [0.2, 0.25) is 0 Å². The predicted molar refractivity (Wildman–Crippen MR) is 60.6 cm³/mol. The van der Waals surface area contributed by atoms with Gasteiger partial charge in [0.2, 0.25) is 5.91 Å². The lowest BCUT2D eigenvalue weighted by molar-refractivity contribution is -0.122. The van der Waals surface area contributed by atoms with E-state index in [4.69, 9.17) is 16.3 Å². The molecule has 1 aromatic rings. The summed E-state index contributed by atoms with van der Waals surface area (Å²) in [6.07, 6.45) is 0. The number of nitrogens with one attached hydrogen (secondary N) is 2. The summed E-state index contributed by atoms with van der Waals surface area (Å²) in [5.41, 5.74) is 7.35. The number of hydrogen-bond acceptors (Lipinski definition) is 6. The van der Waals surface area contributed by atoms with E-state index in [1.54, 1.807) is 12.1 Å². The Balaban J connectivity index is 2.23. The highest BCUT2D eigenvalue weighted by Crippen LogP contribution is 2.06. The van der Waals surface area contributed by atoms with Crippen LogP contribution in [-0.4, -0.2) is 30.6 Å². The van der Waals surface area contributed by atoms with Crippen LogP contribution in [0.15, 0.2) is 18.2 Å². The van der Waals surface area contributed by atoms with Crippen LogP contribution >= 0.6 is 0 Å². The molecule has 0 fully saturated rings. The van der Waals surface area contributed by atoms with Crippen molar-refractivity contribution >= 4 is 17.5 Å². The first-order chi connectivity index (χ1) is 7.72. The first-order valence-corrected chi connectivity index (χ1v) is 4.76. The fourth-order valence-corrected chi connectivity index (χ4v) is 1.04. The maximum atomic E-state index is 10.4. The van der Waals surface area contributed by atoms with Crippen LogP contribution in [0.1, 0.15) is 0 Å². The van der Waals surface area contributed by atoms with E-state index in [1.807, 2.05) is 6.07 Å². The molecule has 1 rings (SSSR count). The second kappa shape index (κ2) is 6.59. The van der Waals surface area contributed by atoms with E-state index in [1.165, 1.54) is 0 Å². The summed E-state index contributed by atoms with van der Waals surface area (Å²) in [5.74, 6) is 5.98. The number of amides is 1. The molecule has 6 N–H and O–H groups in total. The summed E-state index contributed by atoms with van der Waals surface area (Å²) >= 11 is 0. The highest BCUT2D eigenvalue weighted by Gasteiger charge is 1.96. The van der Waals surface area contributed by atoms with Gasteiger partial charge in [0.1, 0.15) is 18.2 Å². The molecule has 1 heterocycles. The highest BCUT2D eigenvalue weighted by molar-refractivity contribution is 5.74. The SMILES string of the molecule is NNc1cccc(NCCOCC(N)=O)n1. The van der Waals surface area contributed by atoms with Gasteiger partial charge in [-0.3, -0.25) is 4.79 Å². The molecule has 1 aromatic heterocycles. The Labute approximate surface area is 93.1 Å². The molecule has 0 unspecified atom stereocenters. The summed E-state index contributed by atoms with van der Waals surface area (Å²) < 4.78 is 4.97. The second-order valence-electron chi connectivity index (χ2n) is 3.00. The third-order valence-corrected chi connectivity index (χ3v) is 1.69. The number of rotatable bonds is 7. The number of anilines is 2. The Bertz CT molecular complexity index is 344. The zero-order valence-corrected chi connectivity index (χ0v) is 8.77. The van der Waals surface area contributed by atoms with Crippen LogP contribution in [0, 0.1) is 0 Å². The van der Waals surface area contributed by atoms with Crippen molar-refractivity contribution in [2.24, 2.45) is 11.6 Å². The molecule has 0 aliphatic rings. The smallest absolute Gasteiger partial charge is 0.243 e. The Morgan fingerprint density at radius 3 is 2.88 bits per heavy atom. The van der Waals surface area contributed by atoms with Crippen LogP contribution in [-0.2, 0) is 9.53 Å². The molecule has 16 heavy (non-hydrogen) atoms. The summed E-state index contributed by atoms with van der Waals surface area (Å²) in [6, 6.07) is 5.36. The van der Waals surface area contributed by atoms with E-state index in [2.05, 4.69) is 15.7 Å². The maximum absolute atomic E-state index is 10.4. The molecule has 0 atom stereocenters. The number of ether oxygens (including phenoxy) is 1.